The Morgan fingerprint density at radius 2 is 1.93 bits per heavy atom. The summed E-state index contributed by atoms with van der Waals surface area (Å²) in [6, 6.07) is 10.00. The standard InChI is InChI=1S/C22H26FN3O2/c1-25(2)22(28)17-8-11-20(24-14-17)18-4-3-13-26(15-18)21(27)12-7-16-5-9-19(23)10-6-16/h5-6,8-11,14,18H,3-4,7,12-13,15H2,1-2H3. The molecule has 0 saturated carbocycles. The van der Waals surface area contributed by atoms with Crippen LogP contribution in [0.15, 0.2) is 42.6 Å². The lowest BCUT2D eigenvalue weighted by Gasteiger charge is -2.32. The maximum absolute atomic E-state index is 13.0. The van der Waals surface area contributed by atoms with Gasteiger partial charge in [-0.15, -0.1) is 0 Å². The Bertz CT molecular complexity index is 819. The van der Waals surface area contributed by atoms with E-state index in [-0.39, 0.29) is 23.5 Å². The first-order valence-corrected chi connectivity index (χ1v) is 9.64. The van der Waals surface area contributed by atoms with Crippen molar-refractivity contribution in [3.05, 3.63) is 65.2 Å². The number of aryl methyl sites for hydroxylation is 1. The molecule has 1 saturated heterocycles. The van der Waals surface area contributed by atoms with Gasteiger partial charge in [0.15, 0.2) is 0 Å². The number of pyridine rings is 1. The van der Waals surface area contributed by atoms with Crippen LogP contribution in [0.4, 0.5) is 4.39 Å². The quantitative estimate of drug-likeness (QED) is 0.796. The summed E-state index contributed by atoms with van der Waals surface area (Å²) in [6.07, 6.45) is 4.57. The molecule has 0 N–H and O–H groups in total. The number of carbonyl (C=O) groups is 2. The molecule has 2 amide bonds. The predicted molar refractivity (Wildman–Crippen MR) is 106 cm³/mol. The summed E-state index contributed by atoms with van der Waals surface area (Å²) in [4.78, 5) is 32.5. The van der Waals surface area contributed by atoms with Crippen LogP contribution < -0.4 is 0 Å². The van der Waals surface area contributed by atoms with E-state index < -0.39 is 0 Å². The molecule has 1 aromatic carbocycles. The number of aromatic nitrogens is 1. The fourth-order valence-electron chi connectivity index (χ4n) is 3.54. The van der Waals surface area contributed by atoms with Crippen LogP contribution in [0.2, 0.25) is 0 Å². The molecular formula is C22H26FN3O2. The highest BCUT2D eigenvalue weighted by Gasteiger charge is 2.25. The number of hydrogen-bond donors (Lipinski definition) is 0. The van der Waals surface area contributed by atoms with Gasteiger partial charge in [0.2, 0.25) is 5.91 Å². The second kappa shape index (κ2) is 8.95. The third kappa shape index (κ3) is 4.94. The van der Waals surface area contributed by atoms with Gasteiger partial charge in [-0.25, -0.2) is 4.39 Å². The second-order valence-electron chi connectivity index (χ2n) is 7.48. The smallest absolute Gasteiger partial charge is 0.254 e. The zero-order valence-electron chi connectivity index (χ0n) is 16.4. The number of hydrogen-bond acceptors (Lipinski definition) is 3. The van der Waals surface area contributed by atoms with E-state index in [4.69, 9.17) is 0 Å². The fraction of sp³-hybridized carbons (Fsp3) is 0.409. The van der Waals surface area contributed by atoms with Gasteiger partial charge in [-0.05, 0) is 49.1 Å². The molecule has 0 aliphatic carbocycles. The van der Waals surface area contributed by atoms with Crippen molar-refractivity contribution in [2.45, 2.75) is 31.6 Å². The fourth-order valence-corrected chi connectivity index (χ4v) is 3.54. The highest BCUT2D eigenvalue weighted by Crippen LogP contribution is 2.26. The molecule has 1 aliphatic heterocycles. The highest BCUT2D eigenvalue weighted by molar-refractivity contribution is 5.93. The first-order chi connectivity index (χ1) is 13.4. The van der Waals surface area contributed by atoms with Crippen molar-refractivity contribution in [3.8, 4) is 0 Å². The number of benzene rings is 1. The van der Waals surface area contributed by atoms with E-state index >= 15 is 0 Å². The summed E-state index contributed by atoms with van der Waals surface area (Å²) in [7, 11) is 3.43. The SMILES string of the molecule is CN(C)C(=O)c1ccc(C2CCCN(C(=O)CCc3ccc(F)cc3)C2)nc1. The van der Waals surface area contributed by atoms with Gasteiger partial charge in [0.1, 0.15) is 5.82 Å². The van der Waals surface area contributed by atoms with Crippen LogP contribution in [0.3, 0.4) is 0 Å². The summed E-state index contributed by atoms with van der Waals surface area (Å²) in [5.41, 5.74) is 2.45. The normalized spacial score (nSPS) is 16.7. The van der Waals surface area contributed by atoms with Gasteiger partial charge < -0.3 is 9.80 Å². The van der Waals surface area contributed by atoms with Gasteiger partial charge in [-0.3, -0.25) is 14.6 Å². The van der Waals surface area contributed by atoms with Crippen molar-refractivity contribution in [1.29, 1.82) is 0 Å². The number of amides is 2. The minimum atomic E-state index is -0.264. The van der Waals surface area contributed by atoms with Gasteiger partial charge in [0.25, 0.3) is 5.91 Å². The molecule has 2 heterocycles. The average Bonchev–Trinajstić information content (AvgIpc) is 2.72. The van der Waals surface area contributed by atoms with Crippen molar-refractivity contribution >= 4 is 11.8 Å². The molecule has 148 valence electrons. The van der Waals surface area contributed by atoms with Gasteiger partial charge in [-0.1, -0.05) is 12.1 Å². The minimum Gasteiger partial charge on any atom is -0.345 e. The highest BCUT2D eigenvalue weighted by atomic mass is 19.1. The average molecular weight is 383 g/mol. The maximum atomic E-state index is 13.0. The molecule has 0 spiro atoms. The maximum Gasteiger partial charge on any atom is 0.254 e. The van der Waals surface area contributed by atoms with E-state index in [0.717, 1.165) is 30.6 Å². The topological polar surface area (TPSA) is 53.5 Å². The third-order valence-corrected chi connectivity index (χ3v) is 5.17. The van der Waals surface area contributed by atoms with E-state index in [9.17, 15) is 14.0 Å². The van der Waals surface area contributed by atoms with E-state index in [2.05, 4.69) is 4.98 Å². The van der Waals surface area contributed by atoms with Crippen LogP contribution in [-0.2, 0) is 11.2 Å². The minimum absolute atomic E-state index is 0.0692. The van der Waals surface area contributed by atoms with E-state index in [1.54, 1.807) is 38.5 Å². The molecule has 0 radical (unpaired) electrons. The lowest BCUT2D eigenvalue weighted by molar-refractivity contribution is -0.132. The van der Waals surface area contributed by atoms with Crippen molar-refractivity contribution in [2.24, 2.45) is 0 Å². The lowest BCUT2D eigenvalue weighted by Crippen LogP contribution is -2.39. The molecule has 3 rings (SSSR count). The molecule has 28 heavy (non-hydrogen) atoms. The van der Waals surface area contributed by atoms with Crippen LogP contribution in [0.1, 0.15) is 46.8 Å². The number of rotatable bonds is 5. The molecule has 2 aromatic rings. The summed E-state index contributed by atoms with van der Waals surface area (Å²) < 4.78 is 13.0. The Labute approximate surface area is 165 Å². The van der Waals surface area contributed by atoms with E-state index in [0.29, 0.717) is 24.9 Å². The van der Waals surface area contributed by atoms with Gasteiger partial charge in [0, 0.05) is 51.4 Å². The third-order valence-electron chi connectivity index (χ3n) is 5.17. The molecule has 1 atom stereocenters. The Morgan fingerprint density at radius 3 is 2.57 bits per heavy atom. The molecule has 0 bridgehead atoms. The van der Waals surface area contributed by atoms with Crippen molar-refractivity contribution in [2.75, 3.05) is 27.2 Å². The summed E-state index contributed by atoms with van der Waals surface area (Å²) in [5, 5.41) is 0. The number of nitrogens with zero attached hydrogens (tertiary/aromatic N) is 3. The Balaban J connectivity index is 1.57. The van der Waals surface area contributed by atoms with E-state index in [1.807, 2.05) is 11.0 Å². The molecule has 1 aromatic heterocycles. The van der Waals surface area contributed by atoms with Crippen LogP contribution in [-0.4, -0.2) is 53.8 Å². The monoisotopic (exact) mass is 383 g/mol. The van der Waals surface area contributed by atoms with Crippen LogP contribution in [0, 0.1) is 5.82 Å². The lowest BCUT2D eigenvalue weighted by atomic mass is 9.93. The molecule has 1 aliphatic rings. The largest absolute Gasteiger partial charge is 0.345 e. The first-order valence-electron chi connectivity index (χ1n) is 9.64. The van der Waals surface area contributed by atoms with Crippen LogP contribution >= 0.6 is 0 Å². The van der Waals surface area contributed by atoms with Crippen LogP contribution in [0.5, 0.6) is 0 Å². The zero-order chi connectivity index (χ0) is 20.1. The Morgan fingerprint density at radius 1 is 1.18 bits per heavy atom. The molecule has 6 heteroatoms. The van der Waals surface area contributed by atoms with Crippen molar-refractivity contribution in [1.82, 2.24) is 14.8 Å². The molecule has 1 unspecified atom stereocenters. The van der Waals surface area contributed by atoms with Crippen LogP contribution in [0.25, 0.3) is 0 Å². The summed E-state index contributed by atoms with van der Waals surface area (Å²) >= 11 is 0. The number of carbonyl (C=O) groups excluding carboxylic acids is 2. The summed E-state index contributed by atoms with van der Waals surface area (Å²) in [5.74, 6) is -0.0273. The Hall–Kier alpha value is -2.76. The Kier molecular flexibility index (Phi) is 6.39. The molecule has 5 nitrogen and oxygen atoms in total. The number of piperidine rings is 1. The predicted octanol–water partition coefficient (Wildman–Crippen LogP) is 3.26. The molecular weight excluding hydrogens is 357 g/mol. The van der Waals surface area contributed by atoms with Gasteiger partial charge >= 0.3 is 0 Å². The zero-order valence-corrected chi connectivity index (χ0v) is 16.4. The van der Waals surface area contributed by atoms with Gasteiger partial charge in [0.05, 0.1) is 5.56 Å². The van der Waals surface area contributed by atoms with Crippen molar-refractivity contribution < 1.29 is 14.0 Å². The number of halogens is 1. The first kappa shape index (κ1) is 20.0. The second-order valence-corrected chi connectivity index (χ2v) is 7.48. The van der Waals surface area contributed by atoms with Crippen molar-refractivity contribution in [3.63, 3.8) is 0 Å². The van der Waals surface area contributed by atoms with Gasteiger partial charge in [-0.2, -0.15) is 0 Å². The van der Waals surface area contributed by atoms with E-state index in [1.165, 1.54) is 17.0 Å². The molecule has 1 fully saturated rings. The number of likely N-dealkylation sites (tertiary alicyclic amines) is 1. The summed E-state index contributed by atoms with van der Waals surface area (Å²) in [6.45, 7) is 1.41.